The van der Waals surface area contributed by atoms with E-state index in [0.29, 0.717) is 18.9 Å². The molecule has 7 nitrogen and oxygen atoms in total. The lowest BCUT2D eigenvalue weighted by molar-refractivity contribution is 0.0662. The molecule has 146 valence electrons. The van der Waals surface area contributed by atoms with Crippen molar-refractivity contribution in [2.45, 2.75) is 30.7 Å². The van der Waals surface area contributed by atoms with E-state index in [-0.39, 0.29) is 10.9 Å². The van der Waals surface area contributed by atoms with Gasteiger partial charge in [-0.25, -0.2) is 8.42 Å². The molecule has 3 aromatic rings. The van der Waals surface area contributed by atoms with Crippen molar-refractivity contribution in [3.63, 3.8) is 0 Å². The standard InChI is InChI=1S/C20H22N4O3S/c1-15-2-3-17(16-4-8-21-9-5-16)12-20(15)23-28(25,26)19-13-22-24(14-19)18-6-10-27-11-7-18/h2-5,8-9,12-14,18,23H,6-7,10-11H2,1H3. The van der Waals surface area contributed by atoms with Gasteiger partial charge < -0.3 is 4.74 Å². The Morgan fingerprint density at radius 3 is 2.61 bits per heavy atom. The topological polar surface area (TPSA) is 86.1 Å². The van der Waals surface area contributed by atoms with Crippen LogP contribution in [0.5, 0.6) is 0 Å². The lowest BCUT2D eigenvalue weighted by Gasteiger charge is -2.22. The van der Waals surface area contributed by atoms with Gasteiger partial charge in [0.25, 0.3) is 10.0 Å². The van der Waals surface area contributed by atoms with Crippen molar-refractivity contribution < 1.29 is 13.2 Å². The summed E-state index contributed by atoms with van der Waals surface area (Å²) < 4.78 is 35.6. The molecule has 8 heteroatoms. The van der Waals surface area contributed by atoms with E-state index in [9.17, 15) is 8.42 Å². The molecule has 0 atom stereocenters. The molecule has 1 N–H and O–H groups in total. The number of hydrogen-bond acceptors (Lipinski definition) is 5. The van der Waals surface area contributed by atoms with Crippen molar-refractivity contribution >= 4 is 15.7 Å². The van der Waals surface area contributed by atoms with Gasteiger partial charge in [-0.2, -0.15) is 5.10 Å². The number of anilines is 1. The Balaban J connectivity index is 1.59. The normalized spacial score (nSPS) is 15.5. The van der Waals surface area contributed by atoms with Gasteiger partial charge in [-0.15, -0.1) is 0 Å². The predicted octanol–water partition coefficient (Wildman–Crippen LogP) is 3.41. The van der Waals surface area contributed by atoms with E-state index in [0.717, 1.165) is 29.5 Å². The van der Waals surface area contributed by atoms with Gasteiger partial charge in [0.05, 0.1) is 17.9 Å². The molecule has 28 heavy (non-hydrogen) atoms. The second-order valence-corrected chi connectivity index (χ2v) is 8.55. The maximum Gasteiger partial charge on any atom is 0.265 e. The minimum Gasteiger partial charge on any atom is -0.381 e. The maximum absolute atomic E-state index is 12.9. The molecule has 2 aromatic heterocycles. The molecule has 1 aromatic carbocycles. The molecule has 3 heterocycles. The summed E-state index contributed by atoms with van der Waals surface area (Å²) >= 11 is 0. The number of sulfonamides is 1. The van der Waals surface area contributed by atoms with Crippen LogP contribution in [0.1, 0.15) is 24.4 Å². The Kier molecular flexibility index (Phi) is 5.15. The Morgan fingerprint density at radius 2 is 1.86 bits per heavy atom. The fourth-order valence-corrected chi connectivity index (χ4v) is 4.33. The second kappa shape index (κ2) is 7.73. The van der Waals surface area contributed by atoms with Crippen molar-refractivity contribution in [3.05, 3.63) is 60.7 Å². The van der Waals surface area contributed by atoms with Crippen LogP contribution in [0.25, 0.3) is 11.1 Å². The van der Waals surface area contributed by atoms with E-state index < -0.39 is 10.0 Å². The summed E-state index contributed by atoms with van der Waals surface area (Å²) in [5.74, 6) is 0. The van der Waals surface area contributed by atoms with Crippen LogP contribution in [-0.2, 0) is 14.8 Å². The average Bonchev–Trinajstić information content (AvgIpc) is 3.22. The molecule has 0 aliphatic carbocycles. The van der Waals surface area contributed by atoms with Crippen molar-refractivity contribution in [2.75, 3.05) is 17.9 Å². The van der Waals surface area contributed by atoms with Crippen LogP contribution in [0.2, 0.25) is 0 Å². The van der Waals surface area contributed by atoms with Crippen LogP contribution in [0.15, 0.2) is 60.0 Å². The van der Waals surface area contributed by atoms with Crippen LogP contribution >= 0.6 is 0 Å². The van der Waals surface area contributed by atoms with Gasteiger partial charge in [-0.05, 0) is 54.7 Å². The molecule has 1 aliphatic rings. The summed E-state index contributed by atoms with van der Waals surface area (Å²) in [7, 11) is -3.73. The smallest absolute Gasteiger partial charge is 0.265 e. The van der Waals surface area contributed by atoms with Crippen molar-refractivity contribution in [1.82, 2.24) is 14.8 Å². The molecule has 1 saturated heterocycles. The van der Waals surface area contributed by atoms with Gasteiger partial charge in [0.2, 0.25) is 0 Å². The number of ether oxygens (including phenoxy) is 1. The van der Waals surface area contributed by atoms with Gasteiger partial charge in [0, 0.05) is 31.8 Å². The highest BCUT2D eigenvalue weighted by Crippen LogP contribution is 2.27. The van der Waals surface area contributed by atoms with Crippen LogP contribution in [0.3, 0.4) is 0 Å². The third-order valence-corrected chi connectivity index (χ3v) is 6.27. The minimum absolute atomic E-state index is 0.160. The van der Waals surface area contributed by atoms with Crippen LogP contribution < -0.4 is 4.72 Å². The fraction of sp³-hybridized carbons (Fsp3) is 0.300. The number of rotatable bonds is 5. The van der Waals surface area contributed by atoms with Crippen molar-refractivity contribution in [3.8, 4) is 11.1 Å². The molecule has 0 bridgehead atoms. The lowest BCUT2D eigenvalue weighted by Crippen LogP contribution is -2.20. The van der Waals surface area contributed by atoms with E-state index >= 15 is 0 Å². The number of aromatic nitrogens is 3. The second-order valence-electron chi connectivity index (χ2n) is 6.87. The zero-order valence-electron chi connectivity index (χ0n) is 15.6. The molecule has 1 aliphatic heterocycles. The van der Waals surface area contributed by atoms with E-state index in [4.69, 9.17) is 4.74 Å². The molecular formula is C20H22N4O3S. The molecule has 0 unspecified atom stereocenters. The van der Waals surface area contributed by atoms with Crippen molar-refractivity contribution in [1.29, 1.82) is 0 Å². The monoisotopic (exact) mass is 398 g/mol. The number of nitrogens with one attached hydrogen (secondary N) is 1. The Labute approximate surface area is 164 Å². The molecule has 0 radical (unpaired) electrons. The number of aryl methyl sites for hydroxylation is 1. The molecule has 0 amide bonds. The summed E-state index contributed by atoms with van der Waals surface area (Å²) in [5.41, 5.74) is 3.29. The predicted molar refractivity (Wildman–Crippen MR) is 107 cm³/mol. The zero-order valence-corrected chi connectivity index (χ0v) is 16.4. The summed E-state index contributed by atoms with van der Waals surface area (Å²) in [6, 6.07) is 9.66. The molecule has 0 spiro atoms. The SMILES string of the molecule is Cc1ccc(-c2ccncc2)cc1NS(=O)(=O)c1cnn(C2CCOCC2)c1. The largest absolute Gasteiger partial charge is 0.381 e. The Hall–Kier alpha value is -2.71. The van der Waals surface area contributed by atoms with E-state index in [1.54, 1.807) is 23.3 Å². The van der Waals surface area contributed by atoms with Crippen LogP contribution in [0, 0.1) is 6.92 Å². The maximum atomic E-state index is 12.9. The van der Waals surface area contributed by atoms with Gasteiger partial charge >= 0.3 is 0 Å². The summed E-state index contributed by atoms with van der Waals surface area (Å²) in [6.45, 7) is 3.22. The molecule has 4 rings (SSSR count). The van der Waals surface area contributed by atoms with Crippen LogP contribution in [-0.4, -0.2) is 36.4 Å². The van der Waals surface area contributed by atoms with E-state index in [2.05, 4.69) is 14.8 Å². The Morgan fingerprint density at radius 1 is 1.11 bits per heavy atom. The Bertz CT molecular complexity index is 1060. The number of pyridine rings is 1. The number of benzene rings is 1. The molecule has 0 saturated carbocycles. The van der Waals surface area contributed by atoms with Gasteiger partial charge in [0.1, 0.15) is 4.90 Å². The summed E-state index contributed by atoms with van der Waals surface area (Å²) in [5, 5.41) is 4.27. The molecule has 1 fully saturated rings. The number of nitrogens with zero attached hydrogens (tertiary/aromatic N) is 3. The highest BCUT2D eigenvalue weighted by molar-refractivity contribution is 7.92. The number of hydrogen-bond donors (Lipinski definition) is 1. The van der Waals surface area contributed by atoms with Crippen molar-refractivity contribution in [2.24, 2.45) is 0 Å². The first kappa shape index (κ1) is 18.6. The first-order chi connectivity index (χ1) is 13.5. The third kappa shape index (κ3) is 3.93. The lowest BCUT2D eigenvalue weighted by atomic mass is 10.0. The van der Waals surface area contributed by atoms with Gasteiger partial charge in [-0.1, -0.05) is 12.1 Å². The zero-order chi connectivity index (χ0) is 19.6. The summed E-state index contributed by atoms with van der Waals surface area (Å²) in [6.07, 6.45) is 8.09. The highest BCUT2D eigenvalue weighted by Gasteiger charge is 2.22. The average molecular weight is 398 g/mol. The van der Waals surface area contributed by atoms with Gasteiger partial charge in [0.15, 0.2) is 0 Å². The van der Waals surface area contributed by atoms with Gasteiger partial charge in [-0.3, -0.25) is 14.4 Å². The first-order valence-corrected chi connectivity index (χ1v) is 10.7. The first-order valence-electron chi connectivity index (χ1n) is 9.19. The third-order valence-electron chi connectivity index (χ3n) is 4.95. The highest BCUT2D eigenvalue weighted by atomic mass is 32.2. The van der Waals surface area contributed by atoms with E-state index in [1.807, 2.05) is 37.3 Å². The fourth-order valence-electron chi connectivity index (χ4n) is 3.27. The minimum atomic E-state index is -3.73. The summed E-state index contributed by atoms with van der Waals surface area (Å²) in [4.78, 5) is 4.18. The molecular weight excluding hydrogens is 376 g/mol. The van der Waals surface area contributed by atoms with Crippen LogP contribution in [0.4, 0.5) is 5.69 Å². The quantitative estimate of drug-likeness (QED) is 0.712. The van der Waals surface area contributed by atoms with E-state index in [1.165, 1.54) is 6.20 Å².